The largest absolute Gasteiger partial charge is 0.325 e. The number of hydrogen-bond donors (Lipinski definition) is 2. The van der Waals surface area contributed by atoms with Gasteiger partial charge >= 0.3 is 0 Å². The first-order valence-corrected chi connectivity index (χ1v) is 6.21. The number of carbonyl (C=O) groups excluding carboxylic acids is 2. The van der Waals surface area contributed by atoms with E-state index in [4.69, 9.17) is 0 Å². The molecule has 100 valence electrons. The summed E-state index contributed by atoms with van der Waals surface area (Å²) in [5.74, 6) is -0.664. The predicted octanol–water partition coefficient (Wildman–Crippen LogP) is 1.54. The molecular formula is C14H12N4O2. The number of nitrogens with one attached hydrogen (secondary N) is 2. The molecule has 3 rings (SSSR count). The summed E-state index contributed by atoms with van der Waals surface area (Å²) in [6, 6.07) is 9.04. The Morgan fingerprint density at radius 2 is 1.95 bits per heavy atom. The first-order valence-electron chi connectivity index (χ1n) is 6.21. The maximum Gasteiger partial charge on any atom is 0.232 e. The lowest BCUT2D eigenvalue weighted by atomic mass is 9.97. The lowest BCUT2D eigenvalue weighted by Gasteiger charge is -2.08. The Balaban J connectivity index is 1.72. The summed E-state index contributed by atoms with van der Waals surface area (Å²) in [6.45, 7) is 0. The molecular weight excluding hydrogens is 256 g/mol. The van der Waals surface area contributed by atoms with Crippen molar-refractivity contribution in [2.75, 3.05) is 10.6 Å². The quantitative estimate of drug-likeness (QED) is 0.884. The maximum atomic E-state index is 12.0. The van der Waals surface area contributed by atoms with Crippen molar-refractivity contribution in [1.82, 2.24) is 9.97 Å². The average Bonchev–Trinajstić information content (AvgIpc) is 2.76. The fourth-order valence-electron chi connectivity index (χ4n) is 2.20. The van der Waals surface area contributed by atoms with Crippen molar-refractivity contribution in [1.29, 1.82) is 0 Å². The third-order valence-electron chi connectivity index (χ3n) is 3.12. The average molecular weight is 268 g/mol. The van der Waals surface area contributed by atoms with E-state index in [0.29, 0.717) is 0 Å². The van der Waals surface area contributed by atoms with Gasteiger partial charge in [-0.1, -0.05) is 18.2 Å². The molecule has 0 saturated carbocycles. The fraction of sp³-hybridized carbons (Fsp3) is 0.143. The highest BCUT2D eigenvalue weighted by atomic mass is 16.2. The Labute approximate surface area is 115 Å². The van der Waals surface area contributed by atoms with Crippen LogP contribution < -0.4 is 10.6 Å². The molecule has 1 aromatic heterocycles. The van der Waals surface area contributed by atoms with Crippen LogP contribution in [0.5, 0.6) is 0 Å². The molecule has 1 unspecified atom stereocenters. The van der Waals surface area contributed by atoms with Gasteiger partial charge in [-0.3, -0.25) is 14.9 Å². The number of fused-ring (bicyclic) bond motifs is 1. The summed E-state index contributed by atoms with van der Waals surface area (Å²) < 4.78 is 0. The first kappa shape index (κ1) is 12.3. The van der Waals surface area contributed by atoms with Gasteiger partial charge < -0.3 is 5.32 Å². The van der Waals surface area contributed by atoms with Gasteiger partial charge in [-0.25, -0.2) is 9.97 Å². The second-order valence-corrected chi connectivity index (χ2v) is 4.45. The molecule has 2 heterocycles. The van der Waals surface area contributed by atoms with Crippen molar-refractivity contribution >= 4 is 23.5 Å². The molecule has 20 heavy (non-hydrogen) atoms. The molecule has 1 atom stereocenters. The molecule has 2 amide bonds. The normalized spacial score (nSPS) is 16.4. The van der Waals surface area contributed by atoms with Gasteiger partial charge in [0.05, 0.1) is 5.92 Å². The van der Waals surface area contributed by atoms with E-state index in [0.717, 1.165) is 11.3 Å². The molecule has 2 N–H and O–H groups in total. The minimum absolute atomic E-state index is 0.0705. The molecule has 1 aromatic carbocycles. The molecule has 0 aliphatic carbocycles. The maximum absolute atomic E-state index is 12.0. The topological polar surface area (TPSA) is 84.0 Å². The molecule has 6 heteroatoms. The molecule has 2 aromatic rings. The van der Waals surface area contributed by atoms with E-state index in [9.17, 15) is 9.59 Å². The lowest BCUT2D eigenvalue weighted by molar-refractivity contribution is -0.122. The van der Waals surface area contributed by atoms with E-state index in [1.165, 1.54) is 0 Å². The number of aromatic nitrogens is 2. The van der Waals surface area contributed by atoms with Gasteiger partial charge in [0.15, 0.2) is 0 Å². The monoisotopic (exact) mass is 268 g/mol. The van der Waals surface area contributed by atoms with E-state index < -0.39 is 5.92 Å². The summed E-state index contributed by atoms with van der Waals surface area (Å²) in [6.07, 6.45) is 3.15. The second-order valence-electron chi connectivity index (χ2n) is 4.45. The van der Waals surface area contributed by atoms with Crippen molar-refractivity contribution in [2.24, 2.45) is 0 Å². The van der Waals surface area contributed by atoms with Gasteiger partial charge in [-0.05, 0) is 17.7 Å². The number of para-hydroxylation sites is 1. The van der Waals surface area contributed by atoms with Crippen molar-refractivity contribution in [2.45, 2.75) is 12.3 Å². The molecule has 0 radical (unpaired) electrons. The zero-order valence-corrected chi connectivity index (χ0v) is 10.5. The van der Waals surface area contributed by atoms with E-state index in [1.54, 1.807) is 18.5 Å². The SMILES string of the molecule is O=C(CC1C(=O)Nc2ccccc21)Nc1ncccn1. The number of nitrogens with zero attached hydrogens (tertiary/aromatic N) is 2. The van der Waals surface area contributed by atoms with Crippen LogP contribution in [0.4, 0.5) is 11.6 Å². The number of rotatable bonds is 3. The van der Waals surface area contributed by atoms with Crippen LogP contribution in [0.3, 0.4) is 0 Å². The van der Waals surface area contributed by atoms with E-state index in [1.807, 2.05) is 24.3 Å². The van der Waals surface area contributed by atoms with Gasteiger partial charge in [-0.15, -0.1) is 0 Å². The molecule has 0 bridgehead atoms. The van der Waals surface area contributed by atoms with Gasteiger partial charge in [0.25, 0.3) is 0 Å². The minimum Gasteiger partial charge on any atom is -0.325 e. The highest BCUT2D eigenvalue weighted by Gasteiger charge is 2.31. The summed E-state index contributed by atoms with van der Waals surface area (Å²) in [4.78, 5) is 31.7. The third kappa shape index (κ3) is 2.35. The Kier molecular flexibility index (Phi) is 3.12. The number of hydrogen-bond acceptors (Lipinski definition) is 4. The predicted molar refractivity (Wildman–Crippen MR) is 73.1 cm³/mol. The van der Waals surface area contributed by atoms with E-state index in [-0.39, 0.29) is 24.2 Å². The highest BCUT2D eigenvalue weighted by molar-refractivity contribution is 6.06. The molecule has 0 fully saturated rings. The van der Waals surface area contributed by atoms with Gasteiger partial charge in [0.1, 0.15) is 0 Å². The Bertz CT molecular complexity index is 657. The van der Waals surface area contributed by atoms with Crippen LogP contribution in [-0.4, -0.2) is 21.8 Å². The van der Waals surface area contributed by atoms with Crippen LogP contribution in [0.25, 0.3) is 0 Å². The Morgan fingerprint density at radius 1 is 1.20 bits per heavy atom. The Morgan fingerprint density at radius 3 is 2.75 bits per heavy atom. The zero-order chi connectivity index (χ0) is 13.9. The highest BCUT2D eigenvalue weighted by Crippen LogP contribution is 2.34. The van der Waals surface area contributed by atoms with Gasteiger partial charge in [0, 0.05) is 24.5 Å². The number of amides is 2. The summed E-state index contributed by atoms with van der Waals surface area (Å²) in [5.41, 5.74) is 1.62. The van der Waals surface area contributed by atoms with Crippen molar-refractivity contribution in [3.05, 3.63) is 48.3 Å². The third-order valence-corrected chi connectivity index (χ3v) is 3.12. The van der Waals surface area contributed by atoms with Gasteiger partial charge in [0.2, 0.25) is 17.8 Å². The first-order chi connectivity index (χ1) is 9.74. The smallest absolute Gasteiger partial charge is 0.232 e. The van der Waals surface area contributed by atoms with Crippen LogP contribution >= 0.6 is 0 Å². The van der Waals surface area contributed by atoms with Crippen molar-refractivity contribution < 1.29 is 9.59 Å². The molecule has 1 aliphatic heterocycles. The van der Waals surface area contributed by atoms with Crippen molar-refractivity contribution in [3.8, 4) is 0 Å². The standard InChI is InChI=1S/C14H12N4O2/c19-12(18-14-15-6-3-7-16-14)8-10-9-4-1-2-5-11(9)17-13(10)20/h1-7,10H,8H2,(H,17,20)(H,15,16,18,19). The van der Waals surface area contributed by atoms with Gasteiger partial charge in [-0.2, -0.15) is 0 Å². The Hall–Kier alpha value is -2.76. The minimum atomic E-state index is -0.463. The molecule has 1 aliphatic rings. The fourth-order valence-corrected chi connectivity index (χ4v) is 2.20. The summed E-state index contributed by atoms with van der Waals surface area (Å²) in [7, 11) is 0. The molecule has 0 spiro atoms. The second kappa shape index (κ2) is 5.08. The zero-order valence-electron chi connectivity index (χ0n) is 10.5. The number of anilines is 2. The number of carbonyl (C=O) groups is 2. The molecule has 0 saturated heterocycles. The van der Waals surface area contributed by atoms with Crippen LogP contribution in [0.2, 0.25) is 0 Å². The molecule has 6 nitrogen and oxygen atoms in total. The summed E-state index contributed by atoms with van der Waals surface area (Å²) >= 11 is 0. The summed E-state index contributed by atoms with van der Waals surface area (Å²) in [5, 5.41) is 5.35. The van der Waals surface area contributed by atoms with Crippen LogP contribution in [-0.2, 0) is 9.59 Å². The van der Waals surface area contributed by atoms with E-state index >= 15 is 0 Å². The van der Waals surface area contributed by atoms with Crippen LogP contribution in [0.15, 0.2) is 42.7 Å². The van der Waals surface area contributed by atoms with Crippen molar-refractivity contribution in [3.63, 3.8) is 0 Å². The van der Waals surface area contributed by atoms with E-state index in [2.05, 4.69) is 20.6 Å². The lowest BCUT2D eigenvalue weighted by Crippen LogP contribution is -2.21. The number of benzene rings is 1. The van der Waals surface area contributed by atoms with Crippen LogP contribution in [0, 0.1) is 0 Å². The van der Waals surface area contributed by atoms with Crippen LogP contribution in [0.1, 0.15) is 17.9 Å².